The van der Waals surface area contributed by atoms with E-state index in [0.29, 0.717) is 30.8 Å². The fourth-order valence-corrected chi connectivity index (χ4v) is 5.43. The van der Waals surface area contributed by atoms with Gasteiger partial charge in [0.2, 0.25) is 5.91 Å². The molecule has 0 radical (unpaired) electrons. The predicted octanol–water partition coefficient (Wildman–Crippen LogP) is 2.09. The van der Waals surface area contributed by atoms with Gasteiger partial charge in [-0.05, 0) is 31.1 Å². The number of amides is 1. The number of hydrogen-bond acceptors (Lipinski definition) is 3. The summed E-state index contributed by atoms with van der Waals surface area (Å²) in [6, 6.07) is 0. The minimum atomic E-state index is -0.926. The van der Waals surface area contributed by atoms with Crippen molar-refractivity contribution in [2.75, 3.05) is 13.1 Å². The first-order valence-corrected chi connectivity index (χ1v) is 8.88. The molecule has 5 heteroatoms. The van der Waals surface area contributed by atoms with E-state index in [9.17, 15) is 14.7 Å². The molecule has 2 fully saturated rings. The lowest BCUT2D eigenvalue weighted by atomic mass is 9.75. The zero-order valence-electron chi connectivity index (χ0n) is 14.4. The summed E-state index contributed by atoms with van der Waals surface area (Å²) in [4.78, 5) is 26.5. The third-order valence-electron chi connectivity index (χ3n) is 6.49. The van der Waals surface area contributed by atoms with E-state index >= 15 is 0 Å². The highest BCUT2D eigenvalue weighted by Crippen LogP contribution is 2.52. The summed E-state index contributed by atoms with van der Waals surface area (Å²) in [5.41, 5.74) is 0.711. The third-order valence-corrected chi connectivity index (χ3v) is 6.49. The van der Waals surface area contributed by atoms with Gasteiger partial charge in [-0.1, -0.05) is 37.6 Å². The van der Waals surface area contributed by atoms with Crippen molar-refractivity contribution in [2.45, 2.75) is 38.9 Å². The summed E-state index contributed by atoms with van der Waals surface area (Å²) in [5, 5.41) is 9.53. The number of fused-ring (bicyclic) bond motifs is 1. The van der Waals surface area contributed by atoms with Crippen molar-refractivity contribution >= 4 is 11.9 Å². The molecule has 1 N–H and O–H groups in total. The Morgan fingerprint density at radius 1 is 1.46 bits per heavy atom. The Balaban J connectivity index is 1.56. The highest BCUT2D eigenvalue weighted by atomic mass is 16.5. The van der Waals surface area contributed by atoms with Crippen LogP contribution in [0.4, 0.5) is 0 Å². The maximum absolute atomic E-state index is 13.0. The van der Waals surface area contributed by atoms with Crippen LogP contribution in [0.3, 0.4) is 0 Å². The Hall–Kier alpha value is -1.62. The zero-order chi connectivity index (χ0) is 17.2. The predicted molar refractivity (Wildman–Crippen MR) is 88.1 cm³/mol. The summed E-state index contributed by atoms with van der Waals surface area (Å²) in [6.45, 7) is 7.82. The summed E-state index contributed by atoms with van der Waals surface area (Å²) in [6.07, 6.45) is 6.69. The molecule has 3 heterocycles. The van der Waals surface area contributed by atoms with Crippen molar-refractivity contribution in [3.05, 3.63) is 23.8 Å². The molecular formula is C19H25NO4. The second kappa shape index (κ2) is 5.19. The van der Waals surface area contributed by atoms with Crippen LogP contribution >= 0.6 is 0 Å². The van der Waals surface area contributed by atoms with E-state index in [4.69, 9.17) is 4.74 Å². The summed E-state index contributed by atoms with van der Waals surface area (Å²) < 4.78 is 5.95. The van der Waals surface area contributed by atoms with E-state index in [1.165, 1.54) is 5.57 Å². The van der Waals surface area contributed by atoms with E-state index in [1.54, 1.807) is 0 Å². The van der Waals surface area contributed by atoms with Crippen molar-refractivity contribution in [1.82, 2.24) is 4.90 Å². The second-order valence-corrected chi connectivity index (χ2v) is 8.17. The largest absolute Gasteiger partial charge is 0.481 e. The standard InChI is InChI=1S/C19H25NO4/c1-10-6-11(2)13(12(3)7-10)8-20-9-19-5-4-14(24-19)15(18(22)23)16(19)17(20)21/h4-6,11-16H,7-9H2,1-3H3,(H,22,23)/t11-,12+,13-,14+,15-,16+,19+/m0/s1. The Morgan fingerprint density at radius 2 is 2.21 bits per heavy atom. The summed E-state index contributed by atoms with van der Waals surface area (Å²) >= 11 is 0. The van der Waals surface area contributed by atoms with Crippen molar-refractivity contribution in [2.24, 2.45) is 29.6 Å². The van der Waals surface area contributed by atoms with Crippen LogP contribution in [-0.2, 0) is 14.3 Å². The van der Waals surface area contributed by atoms with Crippen LogP contribution in [0.25, 0.3) is 0 Å². The van der Waals surface area contributed by atoms with Gasteiger partial charge in [0.25, 0.3) is 0 Å². The Morgan fingerprint density at radius 3 is 2.88 bits per heavy atom. The number of likely N-dealkylation sites (tertiary alicyclic amines) is 1. The molecule has 1 aliphatic carbocycles. The number of aliphatic carboxylic acids is 1. The fourth-order valence-electron chi connectivity index (χ4n) is 5.43. The van der Waals surface area contributed by atoms with Gasteiger partial charge in [-0.2, -0.15) is 0 Å². The van der Waals surface area contributed by atoms with Crippen LogP contribution in [0, 0.1) is 29.6 Å². The van der Waals surface area contributed by atoms with Gasteiger partial charge < -0.3 is 14.7 Å². The molecule has 5 nitrogen and oxygen atoms in total. The average Bonchev–Trinajstić information content (AvgIpc) is 3.11. The molecule has 7 atom stereocenters. The normalized spacial score (nSPS) is 46.4. The molecule has 2 saturated heterocycles. The number of ether oxygens (including phenoxy) is 1. The monoisotopic (exact) mass is 331 g/mol. The van der Waals surface area contributed by atoms with Gasteiger partial charge in [-0.25, -0.2) is 0 Å². The number of allylic oxidation sites excluding steroid dienone is 2. The molecule has 130 valence electrons. The minimum absolute atomic E-state index is 0.0417. The van der Waals surface area contributed by atoms with Crippen molar-refractivity contribution in [1.29, 1.82) is 0 Å². The lowest BCUT2D eigenvalue weighted by Gasteiger charge is -2.36. The average molecular weight is 331 g/mol. The molecule has 2 bridgehead atoms. The molecule has 4 rings (SSSR count). The van der Waals surface area contributed by atoms with Gasteiger partial charge in [0.1, 0.15) is 11.5 Å². The topological polar surface area (TPSA) is 66.8 Å². The van der Waals surface area contributed by atoms with Crippen LogP contribution in [0.5, 0.6) is 0 Å². The smallest absolute Gasteiger partial charge is 0.310 e. The van der Waals surface area contributed by atoms with E-state index in [2.05, 4.69) is 26.8 Å². The quantitative estimate of drug-likeness (QED) is 0.804. The molecule has 0 aromatic carbocycles. The number of carboxylic acids is 1. The van der Waals surface area contributed by atoms with Crippen LogP contribution in [0.1, 0.15) is 27.2 Å². The van der Waals surface area contributed by atoms with Crippen LogP contribution in [0.2, 0.25) is 0 Å². The molecule has 0 aromatic heterocycles. The second-order valence-electron chi connectivity index (χ2n) is 8.17. The number of rotatable bonds is 3. The highest BCUT2D eigenvalue weighted by molar-refractivity contribution is 5.90. The van der Waals surface area contributed by atoms with Crippen molar-refractivity contribution in [3.63, 3.8) is 0 Å². The van der Waals surface area contributed by atoms with Gasteiger partial charge in [0.05, 0.1) is 18.6 Å². The summed E-state index contributed by atoms with van der Waals surface area (Å²) in [5.74, 6) is -0.893. The van der Waals surface area contributed by atoms with Crippen LogP contribution < -0.4 is 0 Å². The van der Waals surface area contributed by atoms with Gasteiger partial charge in [-0.3, -0.25) is 9.59 Å². The molecular weight excluding hydrogens is 306 g/mol. The van der Waals surface area contributed by atoms with Crippen LogP contribution in [0.15, 0.2) is 23.8 Å². The van der Waals surface area contributed by atoms with Gasteiger partial charge in [-0.15, -0.1) is 0 Å². The van der Waals surface area contributed by atoms with Gasteiger partial charge in [0, 0.05) is 6.54 Å². The molecule has 0 unspecified atom stereocenters. The lowest BCUT2D eigenvalue weighted by molar-refractivity contribution is -0.148. The van der Waals surface area contributed by atoms with Crippen molar-refractivity contribution < 1.29 is 19.4 Å². The van der Waals surface area contributed by atoms with Gasteiger partial charge in [0.15, 0.2) is 0 Å². The van der Waals surface area contributed by atoms with Gasteiger partial charge >= 0.3 is 5.97 Å². The first kappa shape index (κ1) is 15.9. The molecule has 0 saturated carbocycles. The van der Waals surface area contributed by atoms with E-state index in [0.717, 1.165) is 6.42 Å². The zero-order valence-corrected chi connectivity index (χ0v) is 14.4. The first-order valence-electron chi connectivity index (χ1n) is 8.88. The third kappa shape index (κ3) is 2.10. The SMILES string of the molecule is CC1=C[C@H](C)[C@H](CN2C[C@@]34C=C[C@@H](O3)[C@H](C(=O)O)[C@@H]4C2=O)[C@H](C)C1. The number of carbonyl (C=O) groups is 2. The molecule has 24 heavy (non-hydrogen) atoms. The Labute approximate surface area is 142 Å². The Kier molecular flexibility index (Phi) is 3.43. The molecule has 0 aromatic rings. The van der Waals surface area contributed by atoms with E-state index < -0.39 is 29.5 Å². The Bertz CT molecular complexity index is 654. The maximum Gasteiger partial charge on any atom is 0.310 e. The van der Waals surface area contributed by atoms with E-state index in [1.807, 2.05) is 17.1 Å². The molecule has 1 amide bonds. The number of nitrogens with zero attached hydrogens (tertiary/aromatic N) is 1. The lowest BCUT2D eigenvalue weighted by Crippen LogP contribution is -2.41. The van der Waals surface area contributed by atoms with Crippen molar-refractivity contribution in [3.8, 4) is 0 Å². The van der Waals surface area contributed by atoms with E-state index in [-0.39, 0.29) is 5.91 Å². The van der Waals surface area contributed by atoms with Crippen LogP contribution in [-0.4, -0.2) is 46.7 Å². The summed E-state index contributed by atoms with van der Waals surface area (Å²) in [7, 11) is 0. The fraction of sp³-hybridized carbons (Fsp3) is 0.684. The number of carboxylic acid groups (broad SMARTS) is 1. The molecule has 1 spiro atoms. The molecule has 4 aliphatic rings. The highest BCUT2D eigenvalue weighted by Gasteiger charge is 2.67. The number of carbonyl (C=O) groups excluding carboxylic acids is 1. The molecule has 3 aliphatic heterocycles. The maximum atomic E-state index is 13.0. The number of hydrogen-bond donors (Lipinski definition) is 1. The minimum Gasteiger partial charge on any atom is -0.481 e. The first-order chi connectivity index (χ1) is 11.3.